The van der Waals surface area contributed by atoms with E-state index in [1.165, 1.54) is 10.4 Å². The molecule has 4 nitrogen and oxygen atoms in total. The highest BCUT2D eigenvalue weighted by molar-refractivity contribution is 7.09. The van der Waals surface area contributed by atoms with E-state index in [1.54, 1.807) is 11.3 Å². The quantitative estimate of drug-likeness (QED) is 0.912. The average Bonchev–Trinajstić information content (AvgIpc) is 3.10. The van der Waals surface area contributed by atoms with Gasteiger partial charge in [-0.25, -0.2) is 0 Å². The van der Waals surface area contributed by atoms with Gasteiger partial charge in [0.05, 0.1) is 12.3 Å². The Morgan fingerprint density at radius 1 is 1.58 bits per heavy atom. The van der Waals surface area contributed by atoms with Gasteiger partial charge in [0.25, 0.3) is 0 Å². The maximum Gasteiger partial charge on any atom is 0.0896 e. The summed E-state index contributed by atoms with van der Waals surface area (Å²) in [6.45, 7) is 2.80. The molecule has 5 heteroatoms. The summed E-state index contributed by atoms with van der Waals surface area (Å²) in [5, 5.41) is 9.89. The lowest BCUT2D eigenvalue weighted by molar-refractivity contribution is 0.0904. The first-order valence-corrected chi connectivity index (χ1v) is 7.54. The Hall–Kier alpha value is -1.17. The minimum absolute atomic E-state index is 0.199. The normalized spacial score (nSPS) is 23.0. The van der Waals surface area contributed by atoms with Gasteiger partial charge in [0.1, 0.15) is 0 Å². The third-order valence-electron chi connectivity index (χ3n) is 3.55. The predicted molar refractivity (Wildman–Crippen MR) is 76.0 cm³/mol. The van der Waals surface area contributed by atoms with Crippen LogP contribution in [0.15, 0.2) is 29.9 Å². The maximum atomic E-state index is 5.86. The molecule has 1 N–H and O–H groups in total. The van der Waals surface area contributed by atoms with Gasteiger partial charge in [-0.1, -0.05) is 6.07 Å². The van der Waals surface area contributed by atoms with Crippen LogP contribution in [0.4, 0.5) is 0 Å². The lowest BCUT2D eigenvalue weighted by atomic mass is 9.97. The van der Waals surface area contributed by atoms with E-state index in [-0.39, 0.29) is 6.10 Å². The van der Waals surface area contributed by atoms with Crippen LogP contribution in [-0.4, -0.2) is 22.9 Å². The fraction of sp³-hybridized carbons (Fsp3) is 0.500. The van der Waals surface area contributed by atoms with E-state index in [9.17, 15) is 0 Å². The van der Waals surface area contributed by atoms with Crippen LogP contribution in [0.2, 0.25) is 0 Å². The molecular weight excluding hydrogens is 258 g/mol. The number of aryl methyl sites for hydroxylation is 1. The van der Waals surface area contributed by atoms with E-state index >= 15 is 0 Å². The van der Waals surface area contributed by atoms with Crippen LogP contribution in [0.1, 0.15) is 23.0 Å². The highest BCUT2D eigenvalue weighted by Crippen LogP contribution is 2.33. The molecule has 0 aliphatic carbocycles. The van der Waals surface area contributed by atoms with Crippen LogP contribution < -0.4 is 5.32 Å². The Labute approximate surface area is 117 Å². The summed E-state index contributed by atoms with van der Waals surface area (Å²) in [5.41, 5.74) is 1.20. The number of hydrogen-bond acceptors (Lipinski definition) is 4. The lowest BCUT2D eigenvalue weighted by Gasteiger charge is -2.17. The van der Waals surface area contributed by atoms with Gasteiger partial charge in [0, 0.05) is 49.3 Å². The zero-order valence-corrected chi connectivity index (χ0v) is 11.9. The fourth-order valence-corrected chi connectivity index (χ4v) is 3.27. The van der Waals surface area contributed by atoms with Gasteiger partial charge in [-0.2, -0.15) is 5.10 Å². The molecule has 1 aliphatic rings. The van der Waals surface area contributed by atoms with Crippen molar-refractivity contribution in [3.63, 3.8) is 0 Å². The second-order valence-electron chi connectivity index (χ2n) is 5.00. The van der Waals surface area contributed by atoms with Crippen LogP contribution >= 0.6 is 11.3 Å². The second kappa shape index (κ2) is 5.86. The van der Waals surface area contributed by atoms with Gasteiger partial charge in [-0.05, 0) is 17.9 Å². The molecule has 0 radical (unpaired) electrons. The molecule has 3 rings (SSSR count). The van der Waals surface area contributed by atoms with Gasteiger partial charge in [-0.3, -0.25) is 4.68 Å². The van der Waals surface area contributed by atoms with Gasteiger partial charge < -0.3 is 10.1 Å². The minimum atomic E-state index is 0.199. The van der Waals surface area contributed by atoms with Crippen LogP contribution in [0.25, 0.3) is 0 Å². The first kappa shape index (κ1) is 12.8. The standard InChI is InChI=1S/C14H19N3OS/c1-17-10-12(8-16-17)14-11(4-5-18-14)7-15-9-13-3-2-6-19-13/h2-3,6,8,10-11,14-15H,4-5,7,9H2,1H3/t11-,14+/m0/s1. The van der Waals surface area contributed by atoms with Gasteiger partial charge in [0.2, 0.25) is 0 Å². The fourth-order valence-electron chi connectivity index (χ4n) is 2.59. The number of aromatic nitrogens is 2. The molecule has 0 spiro atoms. The third kappa shape index (κ3) is 3.05. The summed E-state index contributed by atoms with van der Waals surface area (Å²) in [5.74, 6) is 0.546. The summed E-state index contributed by atoms with van der Waals surface area (Å²) in [6.07, 6.45) is 5.30. The second-order valence-corrected chi connectivity index (χ2v) is 6.03. The Morgan fingerprint density at radius 3 is 3.26 bits per heavy atom. The van der Waals surface area contributed by atoms with Gasteiger partial charge >= 0.3 is 0 Å². The number of rotatable bonds is 5. The number of nitrogens with one attached hydrogen (secondary N) is 1. The molecule has 1 aliphatic heterocycles. The summed E-state index contributed by atoms with van der Waals surface area (Å²) in [4.78, 5) is 1.39. The van der Waals surface area contributed by atoms with Crippen LogP contribution in [-0.2, 0) is 18.3 Å². The van der Waals surface area contributed by atoms with Crippen molar-refractivity contribution in [1.82, 2.24) is 15.1 Å². The van der Waals surface area contributed by atoms with Crippen LogP contribution in [0.3, 0.4) is 0 Å². The number of nitrogens with zero attached hydrogens (tertiary/aromatic N) is 2. The van der Waals surface area contributed by atoms with Gasteiger partial charge in [-0.15, -0.1) is 11.3 Å². The molecule has 2 atom stereocenters. The Morgan fingerprint density at radius 2 is 2.53 bits per heavy atom. The SMILES string of the molecule is Cn1cc([C@@H]2OCC[C@H]2CNCc2cccs2)cn1. The van der Waals surface area contributed by atoms with E-state index in [0.29, 0.717) is 5.92 Å². The first-order chi connectivity index (χ1) is 9.33. The molecule has 0 unspecified atom stereocenters. The summed E-state index contributed by atoms with van der Waals surface area (Å²) in [6, 6.07) is 4.26. The molecule has 3 heterocycles. The highest BCUT2D eigenvalue weighted by Gasteiger charge is 2.30. The Balaban J connectivity index is 1.55. The van der Waals surface area contributed by atoms with Crippen LogP contribution in [0, 0.1) is 5.92 Å². The molecule has 0 saturated carbocycles. The van der Waals surface area contributed by atoms with Crippen molar-refractivity contribution in [2.24, 2.45) is 13.0 Å². The molecule has 1 saturated heterocycles. The highest BCUT2D eigenvalue weighted by atomic mass is 32.1. The zero-order chi connectivity index (χ0) is 13.1. The average molecular weight is 277 g/mol. The van der Waals surface area contributed by atoms with Crippen LogP contribution in [0.5, 0.6) is 0 Å². The van der Waals surface area contributed by atoms with Crippen molar-refractivity contribution in [2.75, 3.05) is 13.2 Å². The molecule has 0 amide bonds. The van der Waals surface area contributed by atoms with Crippen molar-refractivity contribution < 1.29 is 4.74 Å². The van der Waals surface area contributed by atoms with Crippen molar-refractivity contribution in [3.05, 3.63) is 40.3 Å². The van der Waals surface area contributed by atoms with Crippen molar-refractivity contribution in [2.45, 2.75) is 19.1 Å². The largest absolute Gasteiger partial charge is 0.373 e. The van der Waals surface area contributed by atoms with E-state index in [4.69, 9.17) is 4.74 Å². The van der Waals surface area contributed by atoms with Gasteiger partial charge in [0.15, 0.2) is 0 Å². The van der Waals surface area contributed by atoms with Crippen molar-refractivity contribution in [1.29, 1.82) is 0 Å². The minimum Gasteiger partial charge on any atom is -0.373 e. The van der Waals surface area contributed by atoms with Crippen molar-refractivity contribution in [3.8, 4) is 0 Å². The number of hydrogen-bond donors (Lipinski definition) is 1. The monoisotopic (exact) mass is 277 g/mol. The lowest BCUT2D eigenvalue weighted by Crippen LogP contribution is -2.24. The zero-order valence-electron chi connectivity index (χ0n) is 11.1. The summed E-state index contributed by atoms with van der Waals surface area (Å²) in [7, 11) is 1.95. The van der Waals surface area contributed by atoms with E-state index < -0.39 is 0 Å². The Kier molecular flexibility index (Phi) is 3.96. The number of ether oxygens (including phenoxy) is 1. The summed E-state index contributed by atoms with van der Waals surface area (Å²) >= 11 is 1.80. The molecule has 2 aromatic rings. The van der Waals surface area contributed by atoms with E-state index in [1.807, 2.05) is 17.9 Å². The number of thiophene rings is 1. The third-order valence-corrected chi connectivity index (χ3v) is 4.43. The van der Waals surface area contributed by atoms with E-state index in [0.717, 1.165) is 26.1 Å². The molecule has 1 fully saturated rings. The first-order valence-electron chi connectivity index (χ1n) is 6.66. The molecule has 102 valence electrons. The predicted octanol–water partition coefficient (Wildman–Crippen LogP) is 2.35. The topological polar surface area (TPSA) is 39.1 Å². The molecule has 19 heavy (non-hydrogen) atoms. The molecule has 2 aromatic heterocycles. The molecule has 0 aromatic carbocycles. The Bertz CT molecular complexity index is 509. The summed E-state index contributed by atoms with van der Waals surface area (Å²) < 4.78 is 7.70. The molecule has 0 bridgehead atoms. The van der Waals surface area contributed by atoms with Crippen molar-refractivity contribution >= 4 is 11.3 Å². The van der Waals surface area contributed by atoms with E-state index in [2.05, 4.69) is 34.1 Å². The molecular formula is C14H19N3OS. The maximum absolute atomic E-state index is 5.86. The smallest absolute Gasteiger partial charge is 0.0896 e.